The first-order valence-electron chi connectivity index (χ1n) is 14.4. The minimum absolute atomic E-state index is 0.0511. The molecule has 38 heavy (non-hydrogen) atoms. The highest BCUT2D eigenvalue weighted by molar-refractivity contribution is 7.47. The zero-order chi connectivity index (χ0) is 28.7. The fourth-order valence-electron chi connectivity index (χ4n) is 3.47. The Labute approximate surface area is 232 Å². The Morgan fingerprint density at radius 3 is 2.03 bits per heavy atom. The summed E-state index contributed by atoms with van der Waals surface area (Å²) in [5.41, 5.74) is 0. The van der Waals surface area contributed by atoms with Crippen molar-refractivity contribution in [1.82, 2.24) is 5.32 Å². The van der Waals surface area contributed by atoms with Crippen LogP contribution in [0.4, 0.5) is 0 Å². The summed E-state index contributed by atoms with van der Waals surface area (Å²) in [4.78, 5) is 22.1. The van der Waals surface area contributed by atoms with E-state index < -0.39 is 20.0 Å². The van der Waals surface area contributed by atoms with Crippen LogP contribution in [0.5, 0.6) is 0 Å². The molecule has 0 aromatic heterocycles. The minimum atomic E-state index is -4.30. The molecule has 9 heteroatoms. The Balaban J connectivity index is 4.44. The van der Waals surface area contributed by atoms with Crippen LogP contribution in [0.2, 0.25) is 0 Å². The summed E-state index contributed by atoms with van der Waals surface area (Å²) < 4.78 is 22.9. The van der Waals surface area contributed by atoms with Crippen molar-refractivity contribution in [3.8, 4) is 0 Å². The number of aliphatic hydroxyl groups excluding tert-OH is 1. The monoisotopic (exact) mass is 559 g/mol. The first-order valence-corrected chi connectivity index (χ1v) is 15.9. The molecular formula is C29H56N2O6P+. The van der Waals surface area contributed by atoms with Crippen LogP contribution >= 0.6 is 7.82 Å². The van der Waals surface area contributed by atoms with E-state index in [2.05, 4.69) is 36.5 Å². The van der Waals surface area contributed by atoms with E-state index in [1.54, 1.807) is 6.08 Å². The van der Waals surface area contributed by atoms with Gasteiger partial charge in [0, 0.05) is 6.42 Å². The number of phosphoric ester groups is 1. The SMILES string of the molecule is CCCCCCC/C=C/CC/C=C/CC/C=C/C(O)C(COP(=O)(O)OCC[N+](C)(C)C)NC(=O)CCC. The van der Waals surface area contributed by atoms with Gasteiger partial charge in [0.2, 0.25) is 5.91 Å². The fourth-order valence-corrected chi connectivity index (χ4v) is 4.20. The average Bonchev–Trinajstić information content (AvgIpc) is 2.83. The summed E-state index contributed by atoms with van der Waals surface area (Å²) in [6, 6.07) is -0.859. The lowest BCUT2D eigenvalue weighted by Crippen LogP contribution is -2.45. The zero-order valence-electron chi connectivity index (χ0n) is 24.6. The number of phosphoric acid groups is 1. The molecule has 1 amide bonds. The summed E-state index contributed by atoms with van der Waals surface area (Å²) in [5.74, 6) is -0.249. The summed E-state index contributed by atoms with van der Waals surface area (Å²) in [5, 5.41) is 13.3. The van der Waals surface area contributed by atoms with E-state index in [0.29, 0.717) is 23.9 Å². The molecule has 0 saturated heterocycles. The maximum atomic E-state index is 12.2. The molecule has 0 aliphatic carbocycles. The first kappa shape index (κ1) is 36.7. The third kappa shape index (κ3) is 23.8. The highest BCUT2D eigenvalue weighted by atomic mass is 31.2. The van der Waals surface area contributed by atoms with Gasteiger partial charge in [-0.15, -0.1) is 0 Å². The number of unbranched alkanes of at least 4 members (excludes halogenated alkanes) is 7. The largest absolute Gasteiger partial charge is 0.472 e. The second-order valence-corrected chi connectivity index (χ2v) is 12.2. The number of nitrogens with zero attached hydrogens (tertiary/aromatic N) is 1. The molecule has 3 N–H and O–H groups in total. The van der Waals surface area contributed by atoms with Crippen LogP contribution < -0.4 is 5.32 Å². The predicted molar refractivity (Wildman–Crippen MR) is 157 cm³/mol. The summed E-state index contributed by atoms with van der Waals surface area (Å²) in [6.07, 6.45) is 23.6. The van der Waals surface area contributed by atoms with Gasteiger partial charge in [-0.3, -0.25) is 13.8 Å². The molecule has 0 rings (SSSR count). The second kappa shape index (κ2) is 22.5. The van der Waals surface area contributed by atoms with E-state index in [0.717, 1.165) is 25.7 Å². The van der Waals surface area contributed by atoms with Crippen molar-refractivity contribution < 1.29 is 32.9 Å². The molecule has 0 radical (unpaired) electrons. The molecule has 0 saturated carbocycles. The van der Waals surface area contributed by atoms with Gasteiger partial charge < -0.3 is 19.8 Å². The number of amides is 1. The van der Waals surface area contributed by atoms with Crippen molar-refractivity contribution >= 4 is 13.7 Å². The molecule has 8 nitrogen and oxygen atoms in total. The maximum absolute atomic E-state index is 12.2. The number of hydrogen-bond acceptors (Lipinski definition) is 5. The lowest BCUT2D eigenvalue weighted by molar-refractivity contribution is -0.870. The number of nitrogens with one attached hydrogen (secondary N) is 1. The molecule has 0 bridgehead atoms. The van der Waals surface area contributed by atoms with Gasteiger partial charge in [0.05, 0.1) is 39.9 Å². The van der Waals surface area contributed by atoms with E-state index in [-0.39, 0.29) is 19.1 Å². The quantitative estimate of drug-likeness (QED) is 0.0575. The number of likely N-dealkylation sites (N-methyl/N-ethyl adjacent to an activating group) is 1. The lowest BCUT2D eigenvalue weighted by atomic mass is 10.1. The summed E-state index contributed by atoms with van der Waals surface area (Å²) in [6.45, 7) is 4.35. The minimum Gasteiger partial charge on any atom is -0.387 e. The topological polar surface area (TPSA) is 105 Å². The highest BCUT2D eigenvalue weighted by Crippen LogP contribution is 2.43. The van der Waals surface area contributed by atoms with E-state index in [9.17, 15) is 19.4 Å². The van der Waals surface area contributed by atoms with Crippen LogP contribution in [-0.4, -0.2) is 73.4 Å². The van der Waals surface area contributed by atoms with Crippen LogP contribution in [0.1, 0.15) is 90.9 Å². The number of hydrogen-bond donors (Lipinski definition) is 3. The van der Waals surface area contributed by atoms with Gasteiger partial charge in [-0.1, -0.05) is 76.0 Å². The highest BCUT2D eigenvalue weighted by Gasteiger charge is 2.27. The fraction of sp³-hybridized carbons (Fsp3) is 0.759. The zero-order valence-corrected chi connectivity index (χ0v) is 25.5. The molecule has 3 atom stereocenters. The predicted octanol–water partition coefficient (Wildman–Crippen LogP) is 6.06. The van der Waals surface area contributed by atoms with Gasteiger partial charge >= 0.3 is 7.82 Å². The normalized spacial score (nSPS) is 15.9. The average molecular weight is 560 g/mol. The Kier molecular flexibility index (Phi) is 21.8. The molecule has 0 aromatic carbocycles. The number of rotatable bonds is 24. The Morgan fingerprint density at radius 1 is 0.868 bits per heavy atom. The van der Waals surface area contributed by atoms with Gasteiger partial charge in [0.25, 0.3) is 0 Å². The van der Waals surface area contributed by atoms with Crippen LogP contribution in [0.3, 0.4) is 0 Å². The standard InChI is InChI=1S/C29H55N2O6P/c1-6-8-9-10-11-12-13-14-15-16-17-18-19-20-21-23-28(32)27(30-29(33)22-7-2)26-37-38(34,35)36-25-24-31(3,4)5/h13-14,17-18,21,23,27-28,32H,6-12,15-16,19-20,22,24-26H2,1-5H3,(H-,30,33,34,35)/p+1/b14-13+,18-17+,23-21+. The Hall–Kier alpha value is -1.28. The van der Waals surface area contributed by atoms with E-state index in [1.807, 2.05) is 34.1 Å². The molecular weight excluding hydrogens is 503 g/mol. The van der Waals surface area contributed by atoms with Gasteiger partial charge in [-0.25, -0.2) is 4.57 Å². The van der Waals surface area contributed by atoms with Crippen LogP contribution in [0.25, 0.3) is 0 Å². The number of aliphatic hydroxyl groups is 1. The van der Waals surface area contributed by atoms with Gasteiger partial charge in [-0.2, -0.15) is 0 Å². The van der Waals surface area contributed by atoms with Crippen molar-refractivity contribution in [2.24, 2.45) is 0 Å². The van der Waals surface area contributed by atoms with E-state index >= 15 is 0 Å². The van der Waals surface area contributed by atoms with E-state index in [1.165, 1.54) is 38.5 Å². The van der Waals surface area contributed by atoms with Crippen molar-refractivity contribution in [2.75, 3.05) is 40.9 Å². The number of carbonyl (C=O) groups excluding carboxylic acids is 1. The molecule has 0 aliphatic heterocycles. The number of allylic oxidation sites excluding steroid dienone is 5. The van der Waals surface area contributed by atoms with Crippen molar-refractivity contribution in [3.63, 3.8) is 0 Å². The third-order valence-electron chi connectivity index (χ3n) is 5.81. The van der Waals surface area contributed by atoms with Crippen LogP contribution in [0.15, 0.2) is 36.5 Å². The third-order valence-corrected chi connectivity index (χ3v) is 6.79. The van der Waals surface area contributed by atoms with Crippen molar-refractivity contribution in [3.05, 3.63) is 36.5 Å². The van der Waals surface area contributed by atoms with Crippen LogP contribution in [-0.2, 0) is 18.4 Å². The Morgan fingerprint density at radius 2 is 1.45 bits per heavy atom. The van der Waals surface area contributed by atoms with Gasteiger partial charge in [-0.05, 0) is 44.9 Å². The lowest BCUT2D eigenvalue weighted by Gasteiger charge is -2.25. The molecule has 0 aromatic rings. The van der Waals surface area contributed by atoms with Crippen molar-refractivity contribution in [1.29, 1.82) is 0 Å². The first-order chi connectivity index (χ1) is 18.0. The van der Waals surface area contributed by atoms with Crippen LogP contribution in [0, 0.1) is 0 Å². The molecule has 0 aliphatic rings. The maximum Gasteiger partial charge on any atom is 0.472 e. The number of quaternary nitrogens is 1. The Bertz CT molecular complexity index is 733. The smallest absolute Gasteiger partial charge is 0.387 e. The number of carbonyl (C=O) groups is 1. The van der Waals surface area contributed by atoms with Gasteiger partial charge in [0.15, 0.2) is 0 Å². The molecule has 0 heterocycles. The molecule has 0 spiro atoms. The van der Waals surface area contributed by atoms with Crippen molar-refractivity contribution in [2.45, 2.75) is 103 Å². The summed E-state index contributed by atoms with van der Waals surface area (Å²) in [7, 11) is 1.53. The van der Waals surface area contributed by atoms with E-state index in [4.69, 9.17) is 9.05 Å². The second-order valence-electron chi connectivity index (χ2n) is 10.8. The summed E-state index contributed by atoms with van der Waals surface area (Å²) >= 11 is 0. The molecule has 3 unspecified atom stereocenters. The van der Waals surface area contributed by atoms with Gasteiger partial charge in [0.1, 0.15) is 13.2 Å². The molecule has 222 valence electrons. The molecule has 0 fully saturated rings.